The normalized spacial score (nSPS) is 12.4. The minimum Gasteiger partial charge on any atom is -0.306 e. The predicted molar refractivity (Wildman–Crippen MR) is 100 cm³/mol. The molecule has 0 amide bonds. The van der Waals surface area contributed by atoms with Crippen molar-refractivity contribution in [2.45, 2.75) is 33.2 Å². The van der Waals surface area contributed by atoms with E-state index in [0.717, 1.165) is 18.0 Å². The van der Waals surface area contributed by atoms with Gasteiger partial charge in [0.1, 0.15) is 0 Å². The molecule has 0 aromatic heterocycles. The SMILES string of the molecule is CCCNC(c1cc(C)ccc1C)c1cc(Cl)ccc1I. The van der Waals surface area contributed by atoms with Crippen molar-refractivity contribution in [2.24, 2.45) is 0 Å². The molecule has 112 valence electrons. The van der Waals surface area contributed by atoms with Gasteiger partial charge >= 0.3 is 0 Å². The molecule has 0 aliphatic carbocycles. The van der Waals surface area contributed by atoms with Gasteiger partial charge in [0.15, 0.2) is 0 Å². The van der Waals surface area contributed by atoms with Gasteiger partial charge in [0.05, 0.1) is 6.04 Å². The monoisotopic (exact) mass is 413 g/mol. The summed E-state index contributed by atoms with van der Waals surface area (Å²) in [6, 6.07) is 13.0. The smallest absolute Gasteiger partial charge is 0.0590 e. The zero-order valence-electron chi connectivity index (χ0n) is 12.7. The molecule has 0 spiro atoms. The van der Waals surface area contributed by atoms with Crippen LogP contribution in [0.5, 0.6) is 0 Å². The van der Waals surface area contributed by atoms with E-state index in [0.29, 0.717) is 0 Å². The number of rotatable bonds is 5. The highest BCUT2D eigenvalue weighted by atomic mass is 127. The molecule has 1 atom stereocenters. The highest BCUT2D eigenvalue weighted by Gasteiger charge is 2.18. The summed E-state index contributed by atoms with van der Waals surface area (Å²) >= 11 is 8.61. The van der Waals surface area contributed by atoms with Crippen LogP contribution < -0.4 is 5.32 Å². The maximum Gasteiger partial charge on any atom is 0.0590 e. The molecule has 1 nitrogen and oxygen atoms in total. The van der Waals surface area contributed by atoms with Gasteiger partial charge in [-0.1, -0.05) is 42.3 Å². The van der Waals surface area contributed by atoms with E-state index in [9.17, 15) is 0 Å². The molecule has 0 bridgehead atoms. The molecular weight excluding hydrogens is 393 g/mol. The zero-order valence-corrected chi connectivity index (χ0v) is 15.6. The third kappa shape index (κ3) is 4.21. The Morgan fingerprint density at radius 3 is 2.57 bits per heavy atom. The number of hydrogen-bond acceptors (Lipinski definition) is 1. The highest BCUT2D eigenvalue weighted by Crippen LogP contribution is 2.31. The Kier molecular flexibility index (Phi) is 6.08. The largest absolute Gasteiger partial charge is 0.306 e. The van der Waals surface area contributed by atoms with Crippen molar-refractivity contribution in [2.75, 3.05) is 6.54 Å². The second-order valence-corrected chi connectivity index (χ2v) is 7.01. The van der Waals surface area contributed by atoms with E-state index in [4.69, 9.17) is 11.6 Å². The summed E-state index contributed by atoms with van der Waals surface area (Å²) in [5, 5.41) is 4.47. The van der Waals surface area contributed by atoms with Gasteiger partial charge in [-0.05, 0) is 84.3 Å². The number of benzene rings is 2. The maximum absolute atomic E-state index is 6.22. The first-order valence-electron chi connectivity index (χ1n) is 7.28. The maximum atomic E-state index is 6.22. The zero-order chi connectivity index (χ0) is 15.4. The first kappa shape index (κ1) is 16.8. The number of aryl methyl sites for hydroxylation is 2. The third-order valence-electron chi connectivity index (χ3n) is 3.61. The Morgan fingerprint density at radius 2 is 1.86 bits per heavy atom. The molecule has 0 saturated carbocycles. The Morgan fingerprint density at radius 1 is 1.10 bits per heavy atom. The van der Waals surface area contributed by atoms with Gasteiger partial charge in [-0.25, -0.2) is 0 Å². The summed E-state index contributed by atoms with van der Waals surface area (Å²) in [4.78, 5) is 0. The van der Waals surface area contributed by atoms with Gasteiger partial charge in [-0.3, -0.25) is 0 Å². The van der Waals surface area contributed by atoms with Gasteiger partial charge in [0.25, 0.3) is 0 Å². The minimum absolute atomic E-state index is 0.190. The van der Waals surface area contributed by atoms with Gasteiger partial charge in [0, 0.05) is 8.59 Å². The molecule has 2 aromatic rings. The first-order valence-corrected chi connectivity index (χ1v) is 8.74. The van der Waals surface area contributed by atoms with E-state index in [2.05, 4.69) is 79.0 Å². The van der Waals surface area contributed by atoms with Crippen LogP contribution in [0.2, 0.25) is 5.02 Å². The van der Waals surface area contributed by atoms with E-state index in [1.807, 2.05) is 6.07 Å². The van der Waals surface area contributed by atoms with Crippen LogP contribution in [0.25, 0.3) is 0 Å². The van der Waals surface area contributed by atoms with Gasteiger partial charge in [-0.2, -0.15) is 0 Å². The number of nitrogens with one attached hydrogen (secondary N) is 1. The Balaban J connectivity index is 2.52. The van der Waals surface area contributed by atoms with Crippen molar-refractivity contribution >= 4 is 34.2 Å². The van der Waals surface area contributed by atoms with Crippen molar-refractivity contribution in [1.82, 2.24) is 5.32 Å². The summed E-state index contributed by atoms with van der Waals surface area (Å²) in [5.41, 5.74) is 5.19. The Bertz CT molecular complexity index is 573. The summed E-state index contributed by atoms with van der Waals surface area (Å²) in [7, 11) is 0. The molecule has 1 N–H and O–H groups in total. The molecule has 1 unspecified atom stereocenters. The van der Waals surface area contributed by atoms with E-state index < -0.39 is 0 Å². The molecule has 0 fully saturated rings. The average molecular weight is 414 g/mol. The first-order chi connectivity index (χ1) is 10.0. The van der Waals surface area contributed by atoms with E-state index in [-0.39, 0.29) is 6.04 Å². The van der Waals surface area contributed by atoms with Crippen molar-refractivity contribution in [1.29, 1.82) is 0 Å². The second kappa shape index (κ2) is 7.61. The van der Waals surface area contributed by atoms with Crippen LogP contribution in [0.4, 0.5) is 0 Å². The average Bonchev–Trinajstić information content (AvgIpc) is 2.46. The molecule has 0 aliphatic rings. The van der Waals surface area contributed by atoms with Crippen molar-refractivity contribution in [3.05, 3.63) is 67.2 Å². The third-order valence-corrected chi connectivity index (χ3v) is 4.83. The lowest BCUT2D eigenvalue weighted by molar-refractivity contribution is 0.594. The standard InChI is InChI=1S/C18H21ClIN/c1-4-9-21-18(15-10-12(2)5-6-13(15)3)16-11-14(19)7-8-17(16)20/h5-8,10-11,18,21H,4,9H2,1-3H3. The Hall–Kier alpha value is -0.580. The van der Waals surface area contributed by atoms with E-state index in [1.165, 1.54) is 25.8 Å². The molecule has 2 rings (SSSR count). The number of hydrogen-bond donors (Lipinski definition) is 1. The highest BCUT2D eigenvalue weighted by molar-refractivity contribution is 14.1. The van der Waals surface area contributed by atoms with Crippen LogP contribution in [0.15, 0.2) is 36.4 Å². The molecule has 0 radical (unpaired) electrons. The summed E-state index contributed by atoms with van der Waals surface area (Å²) < 4.78 is 1.24. The Labute approximate surface area is 146 Å². The fourth-order valence-electron chi connectivity index (χ4n) is 2.48. The molecule has 21 heavy (non-hydrogen) atoms. The van der Waals surface area contributed by atoms with Crippen LogP contribution in [0.3, 0.4) is 0 Å². The molecule has 0 saturated heterocycles. The van der Waals surface area contributed by atoms with Crippen LogP contribution >= 0.6 is 34.2 Å². The topological polar surface area (TPSA) is 12.0 Å². The lowest BCUT2D eigenvalue weighted by Crippen LogP contribution is -2.24. The quantitative estimate of drug-likeness (QED) is 0.625. The molecular formula is C18H21ClIN. The second-order valence-electron chi connectivity index (χ2n) is 5.41. The van der Waals surface area contributed by atoms with E-state index >= 15 is 0 Å². The summed E-state index contributed by atoms with van der Waals surface area (Å²) in [6.07, 6.45) is 1.11. The van der Waals surface area contributed by atoms with Crippen molar-refractivity contribution in [3.8, 4) is 0 Å². The van der Waals surface area contributed by atoms with Gasteiger partial charge in [0.2, 0.25) is 0 Å². The summed E-state index contributed by atoms with van der Waals surface area (Å²) in [6.45, 7) is 7.49. The van der Waals surface area contributed by atoms with Crippen LogP contribution in [-0.4, -0.2) is 6.54 Å². The van der Waals surface area contributed by atoms with Crippen LogP contribution in [0, 0.1) is 17.4 Å². The van der Waals surface area contributed by atoms with Crippen LogP contribution in [-0.2, 0) is 0 Å². The molecule has 0 heterocycles. The predicted octanol–water partition coefficient (Wildman–Crippen LogP) is 5.65. The van der Waals surface area contributed by atoms with E-state index in [1.54, 1.807) is 0 Å². The fraction of sp³-hybridized carbons (Fsp3) is 0.333. The van der Waals surface area contributed by atoms with Crippen molar-refractivity contribution in [3.63, 3.8) is 0 Å². The van der Waals surface area contributed by atoms with Crippen LogP contribution in [0.1, 0.15) is 41.6 Å². The minimum atomic E-state index is 0.190. The molecule has 0 aliphatic heterocycles. The van der Waals surface area contributed by atoms with Gasteiger partial charge < -0.3 is 5.32 Å². The van der Waals surface area contributed by atoms with Crippen molar-refractivity contribution < 1.29 is 0 Å². The molecule has 2 aromatic carbocycles. The lowest BCUT2D eigenvalue weighted by atomic mass is 9.93. The number of halogens is 2. The lowest BCUT2D eigenvalue weighted by Gasteiger charge is -2.23. The van der Waals surface area contributed by atoms with Gasteiger partial charge in [-0.15, -0.1) is 0 Å². The summed E-state index contributed by atoms with van der Waals surface area (Å²) in [5.74, 6) is 0. The molecule has 3 heteroatoms. The fourth-order valence-corrected chi connectivity index (χ4v) is 3.31.